The van der Waals surface area contributed by atoms with E-state index in [9.17, 15) is 0 Å². The summed E-state index contributed by atoms with van der Waals surface area (Å²) in [4.78, 5) is 0. The van der Waals surface area contributed by atoms with E-state index in [0.717, 1.165) is 11.2 Å². The number of nitrogens with zero attached hydrogens (tertiary/aromatic N) is 2. The van der Waals surface area contributed by atoms with Gasteiger partial charge in [0.1, 0.15) is 17.1 Å². The third kappa shape index (κ3) is 2.56. The molecule has 3 atom stereocenters. The maximum absolute atomic E-state index is 6.66. The number of furan rings is 1. The summed E-state index contributed by atoms with van der Waals surface area (Å²) in [7, 11) is 0. The lowest BCUT2D eigenvalue weighted by Gasteiger charge is -2.13. The number of aromatic nitrogens is 2. The number of pyridine rings is 2. The van der Waals surface area contributed by atoms with Crippen molar-refractivity contribution in [2.75, 3.05) is 0 Å². The molecule has 3 nitrogen and oxygen atoms in total. The van der Waals surface area contributed by atoms with Crippen molar-refractivity contribution in [2.24, 2.45) is 0 Å². The second-order valence-corrected chi connectivity index (χ2v) is 11.8. The van der Waals surface area contributed by atoms with Gasteiger partial charge in [-0.25, -0.2) is 0 Å². The van der Waals surface area contributed by atoms with Crippen LogP contribution in [0.3, 0.4) is 0 Å². The highest BCUT2D eigenvalue weighted by molar-refractivity contribution is 6.10. The number of benzene rings is 4. The molecule has 0 amide bonds. The predicted octanol–water partition coefficient (Wildman–Crippen LogP) is 7.88. The molecule has 10 rings (SSSR count). The van der Waals surface area contributed by atoms with Gasteiger partial charge in [-0.15, -0.1) is 0 Å². The van der Waals surface area contributed by atoms with Crippen LogP contribution in [0.15, 0.2) is 132 Å². The van der Waals surface area contributed by atoms with Crippen LogP contribution in [0.5, 0.6) is 0 Å². The molecule has 4 aromatic carbocycles. The smallest absolute Gasteiger partial charge is 0.269 e. The van der Waals surface area contributed by atoms with Crippen LogP contribution in [-0.4, -0.2) is 0 Å². The van der Waals surface area contributed by atoms with Crippen molar-refractivity contribution in [3.8, 4) is 33.6 Å². The van der Waals surface area contributed by atoms with E-state index in [1.165, 1.54) is 61.1 Å². The maximum atomic E-state index is 6.66. The third-order valence-corrected chi connectivity index (χ3v) is 9.83. The maximum Gasteiger partial charge on any atom is 0.269 e. The van der Waals surface area contributed by atoms with Gasteiger partial charge in [-0.2, -0.15) is 9.13 Å². The monoisotopic (exact) mass is 526 g/mol. The fourth-order valence-corrected chi connectivity index (χ4v) is 8.17. The van der Waals surface area contributed by atoms with Crippen molar-refractivity contribution in [1.29, 1.82) is 0 Å². The molecular formula is C38H26N2O+2. The van der Waals surface area contributed by atoms with E-state index in [1.807, 2.05) is 0 Å². The first-order valence-electron chi connectivity index (χ1n) is 14.4. The standard InChI is InChI=1S/C38H26N2O/c1-23-18-20-39-32(21-23)34-29(17-16-27-26-11-5-6-13-33(26)41-36(27)34)35-37(39)38(35)30-22-25(24-9-3-2-4-10-24)14-15-28(30)31-12-7-8-19-40(31)38/h2-22,35,37H,1H3/q+2. The van der Waals surface area contributed by atoms with E-state index in [2.05, 4.69) is 144 Å². The lowest BCUT2D eigenvalue weighted by molar-refractivity contribution is -0.772. The lowest BCUT2D eigenvalue weighted by atomic mass is 9.90. The summed E-state index contributed by atoms with van der Waals surface area (Å²) in [6, 6.07) is 42.5. The molecule has 1 spiro atoms. The van der Waals surface area contributed by atoms with Crippen LogP contribution in [0.1, 0.15) is 28.7 Å². The number of fused-ring (bicyclic) bond motifs is 17. The zero-order valence-electron chi connectivity index (χ0n) is 22.6. The first-order chi connectivity index (χ1) is 20.2. The van der Waals surface area contributed by atoms with E-state index in [0.29, 0.717) is 0 Å². The minimum atomic E-state index is -0.212. The first kappa shape index (κ1) is 21.8. The fraction of sp³-hybridized carbons (Fsp3) is 0.105. The van der Waals surface area contributed by atoms with E-state index < -0.39 is 0 Å². The molecule has 3 heteroatoms. The summed E-state index contributed by atoms with van der Waals surface area (Å²) < 4.78 is 11.8. The van der Waals surface area contributed by atoms with E-state index in [1.54, 1.807) is 0 Å². The number of hydrogen-bond acceptors (Lipinski definition) is 1. The molecule has 3 unspecified atom stereocenters. The number of aryl methyl sites for hydroxylation is 1. The number of rotatable bonds is 1. The van der Waals surface area contributed by atoms with Crippen molar-refractivity contribution < 1.29 is 13.6 Å². The van der Waals surface area contributed by atoms with Gasteiger partial charge in [-0.3, -0.25) is 0 Å². The molecule has 1 fully saturated rings. The highest BCUT2D eigenvalue weighted by Crippen LogP contribution is 2.71. The molecule has 3 aromatic heterocycles. The van der Waals surface area contributed by atoms with Gasteiger partial charge < -0.3 is 4.42 Å². The Labute approximate surface area is 237 Å². The number of para-hydroxylation sites is 1. The molecule has 0 bridgehead atoms. The molecule has 1 aliphatic carbocycles. The Morgan fingerprint density at radius 3 is 2.46 bits per heavy atom. The quantitative estimate of drug-likeness (QED) is 0.199. The highest BCUT2D eigenvalue weighted by Gasteiger charge is 2.86. The van der Waals surface area contributed by atoms with Crippen LogP contribution in [0.2, 0.25) is 0 Å². The zero-order valence-corrected chi connectivity index (χ0v) is 22.6. The second kappa shape index (κ2) is 7.38. The minimum Gasteiger partial charge on any atom is -0.455 e. The molecule has 41 heavy (non-hydrogen) atoms. The van der Waals surface area contributed by atoms with Gasteiger partial charge in [-0.05, 0) is 53.4 Å². The van der Waals surface area contributed by atoms with Gasteiger partial charge in [0, 0.05) is 40.6 Å². The fourth-order valence-electron chi connectivity index (χ4n) is 8.17. The van der Waals surface area contributed by atoms with E-state index in [-0.39, 0.29) is 17.5 Å². The van der Waals surface area contributed by atoms with Gasteiger partial charge in [0.15, 0.2) is 12.4 Å². The molecule has 7 aromatic rings. The molecule has 0 saturated heterocycles. The lowest BCUT2D eigenvalue weighted by Crippen LogP contribution is -2.50. The Morgan fingerprint density at radius 2 is 1.54 bits per heavy atom. The molecule has 0 radical (unpaired) electrons. The first-order valence-corrected chi connectivity index (χ1v) is 14.4. The van der Waals surface area contributed by atoms with Crippen LogP contribution in [0, 0.1) is 6.92 Å². The third-order valence-electron chi connectivity index (χ3n) is 9.83. The van der Waals surface area contributed by atoms with Gasteiger partial charge in [-0.1, -0.05) is 66.7 Å². The summed E-state index contributed by atoms with van der Waals surface area (Å²) in [5.41, 5.74) is 13.4. The second-order valence-electron chi connectivity index (χ2n) is 11.8. The summed E-state index contributed by atoms with van der Waals surface area (Å²) >= 11 is 0. The SMILES string of the molecule is Cc1cc[n+]2c(c1)-c1c(ccc3c1oc1ccccc13)C1C2C12c1cc(-c3ccccc3)ccc1-c1cccc[n+]12. The van der Waals surface area contributed by atoms with Gasteiger partial charge in [0.05, 0.1) is 11.1 Å². The molecule has 5 heterocycles. The average Bonchev–Trinajstić information content (AvgIpc) is 3.45. The van der Waals surface area contributed by atoms with Crippen molar-refractivity contribution in [2.45, 2.75) is 24.4 Å². The molecular weight excluding hydrogens is 500 g/mol. The van der Waals surface area contributed by atoms with E-state index >= 15 is 0 Å². The van der Waals surface area contributed by atoms with Crippen molar-refractivity contribution in [3.63, 3.8) is 0 Å². The Morgan fingerprint density at radius 1 is 0.683 bits per heavy atom. The predicted molar refractivity (Wildman–Crippen MR) is 160 cm³/mol. The van der Waals surface area contributed by atoms with Crippen molar-refractivity contribution >= 4 is 21.9 Å². The molecule has 0 N–H and O–H groups in total. The highest BCUT2D eigenvalue weighted by atomic mass is 16.3. The van der Waals surface area contributed by atoms with Crippen LogP contribution < -0.4 is 9.13 Å². The van der Waals surface area contributed by atoms with Crippen molar-refractivity contribution in [1.82, 2.24) is 0 Å². The van der Waals surface area contributed by atoms with Crippen LogP contribution in [0.4, 0.5) is 0 Å². The normalized spacial score (nSPS) is 20.9. The van der Waals surface area contributed by atoms with Crippen LogP contribution >= 0.6 is 0 Å². The number of hydrogen-bond donors (Lipinski definition) is 0. The summed E-state index contributed by atoms with van der Waals surface area (Å²) in [6.45, 7) is 2.19. The summed E-state index contributed by atoms with van der Waals surface area (Å²) in [5.74, 6) is 0.286. The zero-order chi connectivity index (χ0) is 26.9. The van der Waals surface area contributed by atoms with Crippen molar-refractivity contribution in [3.05, 3.63) is 144 Å². The summed E-state index contributed by atoms with van der Waals surface area (Å²) in [5, 5.41) is 2.36. The Balaban J connectivity index is 1.31. The Kier molecular flexibility index (Phi) is 3.92. The minimum absolute atomic E-state index is 0.212. The molecule has 1 saturated carbocycles. The van der Waals surface area contributed by atoms with Gasteiger partial charge in [0.2, 0.25) is 17.4 Å². The largest absolute Gasteiger partial charge is 0.455 e. The Hall–Kier alpha value is -5.02. The van der Waals surface area contributed by atoms with E-state index in [4.69, 9.17) is 4.42 Å². The average molecular weight is 527 g/mol. The van der Waals surface area contributed by atoms with Gasteiger partial charge >= 0.3 is 0 Å². The van der Waals surface area contributed by atoms with Gasteiger partial charge in [0.25, 0.3) is 5.54 Å². The molecule has 2 aliphatic heterocycles. The van der Waals surface area contributed by atoms with Crippen LogP contribution in [-0.2, 0) is 5.54 Å². The molecule has 192 valence electrons. The molecule has 3 aliphatic rings. The topological polar surface area (TPSA) is 20.9 Å². The summed E-state index contributed by atoms with van der Waals surface area (Å²) in [6.07, 6.45) is 4.60. The van der Waals surface area contributed by atoms with Crippen LogP contribution in [0.25, 0.3) is 55.6 Å². The Bertz CT molecular complexity index is 2250.